The van der Waals surface area contributed by atoms with Crippen LogP contribution in [0.25, 0.3) is 144 Å². The summed E-state index contributed by atoms with van der Waals surface area (Å²) in [7, 11) is 0. The molecular formula is C68H42N4O. The predicted molar refractivity (Wildman–Crippen MR) is 303 cm³/mol. The molecule has 0 aliphatic rings. The summed E-state index contributed by atoms with van der Waals surface area (Å²) in [6, 6.07) is 91.0. The first-order valence-corrected chi connectivity index (χ1v) is 24.8. The number of benzene rings is 11. The van der Waals surface area contributed by atoms with Gasteiger partial charge in [-0.05, 0) is 123 Å². The van der Waals surface area contributed by atoms with Crippen molar-refractivity contribution >= 4 is 76.5 Å². The Hall–Kier alpha value is -9.84. The fourth-order valence-corrected chi connectivity index (χ4v) is 11.3. The van der Waals surface area contributed by atoms with Crippen molar-refractivity contribution in [2.75, 3.05) is 0 Å². The second kappa shape index (κ2) is 16.4. The Bertz CT molecular complexity index is 4680. The van der Waals surface area contributed by atoms with E-state index in [1.807, 2.05) is 0 Å². The molecule has 0 aliphatic heterocycles. The Balaban J connectivity index is 0.850. The SMILES string of the molecule is c1ccc(-c2cccc(-c3nc(-n4c5ccccc5c5cc(-c6ccc7oc8cccc(-c9ccc%10c(c9)c9ccccc9n%10-c9cccc(-c%10ccccc%10)c9)c8c7c6)ccc54)nc4ccccc34)c2)cc1. The molecule has 0 saturated carbocycles. The summed E-state index contributed by atoms with van der Waals surface area (Å²) in [5.41, 5.74) is 19.4. The van der Waals surface area contributed by atoms with E-state index in [1.54, 1.807) is 0 Å². The average Bonchev–Trinajstić information content (AvgIpc) is 4.12. The van der Waals surface area contributed by atoms with Crippen LogP contribution in [0, 0.1) is 0 Å². The Morgan fingerprint density at radius 3 is 1.56 bits per heavy atom. The summed E-state index contributed by atoms with van der Waals surface area (Å²) in [6.45, 7) is 0. The minimum absolute atomic E-state index is 0.636. The van der Waals surface area contributed by atoms with E-state index >= 15 is 0 Å². The van der Waals surface area contributed by atoms with Crippen LogP contribution in [0.15, 0.2) is 259 Å². The van der Waals surface area contributed by atoms with Gasteiger partial charge >= 0.3 is 0 Å². The molecule has 0 spiro atoms. The molecule has 11 aromatic carbocycles. The van der Waals surface area contributed by atoms with Gasteiger partial charge in [0.2, 0.25) is 5.95 Å². The number of para-hydroxylation sites is 3. The molecule has 340 valence electrons. The van der Waals surface area contributed by atoms with E-state index in [2.05, 4.69) is 264 Å². The number of nitrogens with zero attached hydrogens (tertiary/aromatic N) is 4. The van der Waals surface area contributed by atoms with E-state index in [1.165, 1.54) is 38.5 Å². The molecule has 15 aromatic rings. The summed E-state index contributed by atoms with van der Waals surface area (Å²) in [4.78, 5) is 10.7. The summed E-state index contributed by atoms with van der Waals surface area (Å²) in [5, 5.41) is 7.90. The zero-order valence-electron chi connectivity index (χ0n) is 39.4. The molecule has 73 heavy (non-hydrogen) atoms. The Labute approximate surface area is 420 Å². The van der Waals surface area contributed by atoms with Crippen molar-refractivity contribution in [3.05, 3.63) is 255 Å². The van der Waals surface area contributed by atoms with Crippen molar-refractivity contribution in [2.45, 2.75) is 0 Å². The molecule has 15 rings (SSSR count). The van der Waals surface area contributed by atoms with Gasteiger partial charge in [0, 0.05) is 49.0 Å². The first-order valence-electron chi connectivity index (χ1n) is 24.8. The molecule has 0 aliphatic carbocycles. The van der Waals surface area contributed by atoms with Crippen LogP contribution >= 0.6 is 0 Å². The third-order valence-corrected chi connectivity index (χ3v) is 14.7. The van der Waals surface area contributed by atoms with Gasteiger partial charge in [0.25, 0.3) is 0 Å². The maximum absolute atomic E-state index is 6.63. The molecule has 0 fully saturated rings. The Morgan fingerprint density at radius 1 is 0.288 bits per heavy atom. The highest BCUT2D eigenvalue weighted by atomic mass is 16.3. The van der Waals surface area contributed by atoms with Gasteiger partial charge in [0.1, 0.15) is 11.2 Å². The summed E-state index contributed by atoms with van der Waals surface area (Å²) >= 11 is 0. The third kappa shape index (κ3) is 6.63. The summed E-state index contributed by atoms with van der Waals surface area (Å²) in [6.07, 6.45) is 0. The highest BCUT2D eigenvalue weighted by Crippen LogP contribution is 2.43. The van der Waals surface area contributed by atoms with Crippen molar-refractivity contribution in [1.82, 2.24) is 19.1 Å². The van der Waals surface area contributed by atoms with Crippen molar-refractivity contribution in [2.24, 2.45) is 0 Å². The Morgan fingerprint density at radius 2 is 0.808 bits per heavy atom. The molecule has 4 heterocycles. The van der Waals surface area contributed by atoms with Gasteiger partial charge in [-0.15, -0.1) is 0 Å². The van der Waals surface area contributed by atoms with E-state index in [9.17, 15) is 0 Å². The van der Waals surface area contributed by atoms with Crippen LogP contribution in [0.5, 0.6) is 0 Å². The predicted octanol–water partition coefficient (Wildman–Crippen LogP) is 18.1. The molecule has 0 amide bonds. The van der Waals surface area contributed by atoms with Gasteiger partial charge in [0.05, 0.1) is 33.3 Å². The highest BCUT2D eigenvalue weighted by Gasteiger charge is 2.21. The van der Waals surface area contributed by atoms with E-state index in [0.29, 0.717) is 5.95 Å². The normalized spacial score (nSPS) is 11.8. The molecule has 0 N–H and O–H groups in total. The second-order valence-electron chi connectivity index (χ2n) is 18.9. The van der Waals surface area contributed by atoms with Crippen LogP contribution in [0.4, 0.5) is 0 Å². The molecule has 0 atom stereocenters. The monoisotopic (exact) mass is 930 g/mol. The summed E-state index contributed by atoms with van der Waals surface area (Å²) in [5.74, 6) is 0.636. The fraction of sp³-hybridized carbons (Fsp3) is 0. The summed E-state index contributed by atoms with van der Waals surface area (Å²) < 4.78 is 11.3. The lowest BCUT2D eigenvalue weighted by atomic mass is 9.96. The van der Waals surface area contributed by atoms with Crippen LogP contribution < -0.4 is 0 Å². The number of rotatable bonds is 7. The van der Waals surface area contributed by atoms with Crippen LogP contribution in [-0.2, 0) is 0 Å². The first-order chi connectivity index (χ1) is 36.2. The molecular weight excluding hydrogens is 889 g/mol. The second-order valence-corrected chi connectivity index (χ2v) is 18.9. The third-order valence-electron chi connectivity index (χ3n) is 14.7. The smallest absolute Gasteiger partial charge is 0.235 e. The van der Waals surface area contributed by atoms with Gasteiger partial charge in [-0.1, -0.05) is 176 Å². The lowest BCUT2D eigenvalue weighted by Crippen LogP contribution is -2.03. The van der Waals surface area contributed by atoms with Crippen LogP contribution in [0.2, 0.25) is 0 Å². The van der Waals surface area contributed by atoms with Gasteiger partial charge in [0.15, 0.2) is 0 Å². The van der Waals surface area contributed by atoms with E-state index in [4.69, 9.17) is 14.4 Å². The minimum Gasteiger partial charge on any atom is -0.456 e. The van der Waals surface area contributed by atoms with Gasteiger partial charge < -0.3 is 8.98 Å². The topological polar surface area (TPSA) is 48.8 Å². The zero-order valence-corrected chi connectivity index (χ0v) is 39.4. The maximum Gasteiger partial charge on any atom is 0.235 e. The number of aromatic nitrogens is 4. The van der Waals surface area contributed by atoms with E-state index in [0.717, 1.165) is 99.4 Å². The van der Waals surface area contributed by atoms with Crippen LogP contribution in [-0.4, -0.2) is 19.1 Å². The standard InChI is InChI=1S/C68H42N4O/c1-3-16-43(17-4-1)45-20-13-22-50(38-45)67-55-26-7-10-28-59(55)69-68(70-67)72-61-30-12-9-25-54(61)56-40-47(32-35-63(56)72)48-34-37-64-58(41-48)66-52(27-15-31-65(66)73-64)49-33-36-62-57(42-49)53-24-8-11-29-60(53)71(62)51-23-14-21-46(39-51)44-18-5-2-6-19-44/h1-42H. The van der Waals surface area contributed by atoms with Gasteiger partial charge in [-0.3, -0.25) is 4.57 Å². The number of hydrogen-bond acceptors (Lipinski definition) is 3. The number of fused-ring (bicyclic) bond motifs is 10. The zero-order chi connectivity index (χ0) is 48.0. The lowest BCUT2D eigenvalue weighted by Gasteiger charge is -2.13. The molecule has 0 bridgehead atoms. The van der Waals surface area contributed by atoms with Crippen molar-refractivity contribution in [1.29, 1.82) is 0 Å². The lowest BCUT2D eigenvalue weighted by molar-refractivity contribution is 0.669. The maximum atomic E-state index is 6.63. The molecule has 5 heteroatoms. The minimum atomic E-state index is 0.636. The van der Waals surface area contributed by atoms with E-state index < -0.39 is 0 Å². The molecule has 5 nitrogen and oxygen atoms in total. The van der Waals surface area contributed by atoms with Crippen molar-refractivity contribution < 1.29 is 4.42 Å². The van der Waals surface area contributed by atoms with Crippen molar-refractivity contribution in [3.8, 4) is 67.4 Å². The molecule has 4 aromatic heterocycles. The highest BCUT2D eigenvalue weighted by molar-refractivity contribution is 6.16. The molecule has 0 unspecified atom stereocenters. The van der Waals surface area contributed by atoms with E-state index in [-0.39, 0.29) is 0 Å². The van der Waals surface area contributed by atoms with Crippen LogP contribution in [0.3, 0.4) is 0 Å². The molecule has 0 radical (unpaired) electrons. The number of hydrogen-bond donors (Lipinski definition) is 0. The van der Waals surface area contributed by atoms with Gasteiger partial charge in [-0.2, -0.15) is 0 Å². The van der Waals surface area contributed by atoms with Crippen molar-refractivity contribution in [3.63, 3.8) is 0 Å². The largest absolute Gasteiger partial charge is 0.456 e. The van der Waals surface area contributed by atoms with Crippen LogP contribution in [0.1, 0.15) is 0 Å². The Kier molecular flexibility index (Phi) is 9.19. The number of furan rings is 1. The molecule has 0 saturated heterocycles. The fourth-order valence-electron chi connectivity index (χ4n) is 11.3. The van der Waals surface area contributed by atoms with Gasteiger partial charge in [-0.25, -0.2) is 9.97 Å². The first kappa shape index (κ1) is 41.0. The quantitative estimate of drug-likeness (QED) is 0.160. The average molecular weight is 931 g/mol.